The average molecular weight is 310 g/mol. The van der Waals surface area contributed by atoms with Crippen LogP contribution in [0.25, 0.3) is 0 Å². The fourth-order valence-electron chi connectivity index (χ4n) is 2.18. The van der Waals surface area contributed by atoms with Crippen molar-refractivity contribution in [2.75, 3.05) is 5.75 Å². The van der Waals surface area contributed by atoms with Gasteiger partial charge in [0.05, 0.1) is 5.75 Å². The molecule has 108 valence electrons. The van der Waals surface area contributed by atoms with Crippen molar-refractivity contribution in [1.82, 2.24) is 9.55 Å². The third-order valence-corrected chi connectivity index (χ3v) is 4.76. The Labute approximate surface area is 126 Å². The SMILES string of the molecule is CCc1cnc(SCC(=O)O)n1C(C)Cc1ccsc1. The minimum atomic E-state index is -0.812. The first-order valence-corrected chi connectivity index (χ1v) is 8.46. The van der Waals surface area contributed by atoms with E-state index in [0.29, 0.717) is 0 Å². The van der Waals surface area contributed by atoms with Crippen molar-refractivity contribution >= 4 is 29.1 Å². The Morgan fingerprint density at radius 2 is 2.40 bits per heavy atom. The molecule has 1 unspecified atom stereocenters. The lowest BCUT2D eigenvalue weighted by atomic mass is 10.1. The van der Waals surface area contributed by atoms with Crippen LogP contribution in [0.3, 0.4) is 0 Å². The molecule has 0 aliphatic carbocycles. The van der Waals surface area contributed by atoms with E-state index in [2.05, 4.69) is 40.2 Å². The zero-order valence-corrected chi connectivity index (χ0v) is 13.2. The van der Waals surface area contributed by atoms with Crippen LogP contribution in [0, 0.1) is 0 Å². The van der Waals surface area contributed by atoms with Crippen molar-refractivity contribution in [2.45, 2.75) is 37.9 Å². The number of hydrogen-bond donors (Lipinski definition) is 1. The number of carboxylic acids is 1. The van der Waals surface area contributed by atoms with Gasteiger partial charge < -0.3 is 9.67 Å². The van der Waals surface area contributed by atoms with Crippen LogP contribution in [0.15, 0.2) is 28.2 Å². The lowest BCUT2D eigenvalue weighted by molar-refractivity contribution is -0.133. The fourth-order valence-corrected chi connectivity index (χ4v) is 3.68. The van der Waals surface area contributed by atoms with E-state index >= 15 is 0 Å². The van der Waals surface area contributed by atoms with Crippen LogP contribution in [-0.2, 0) is 17.6 Å². The zero-order chi connectivity index (χ0) is 14.5. The number of nitrogens with zero attached hydrogens (tertiary/aromatic N) is 2. The van der Waals surface area contributed by atoms with Crippen molar-refractivity contribution in [3.63, 3.8) is 0 Å². The van der Waals surface area contributed by atoms with Gasteiger partial charge in [-0.15, -0.1) is 0 Å². The van der Waals surface area contributed by atoms with Crippen LogP contribution in [0.2, 0.25) is 0 Å². The number of aliphatic carboxylic acids is 1. The third-order valence-electron chi connectivity index (χ3n) is 3.08. The number of thiophene rings is 1. The molecule has 2 aromatic rings. The highest BCUT2D eigenvalue weighted by molar-refractivity contribution is 7.99. The average Bonchev–Trinajstić information content (AvgIpc) is 3.04. The maximum absolute atomic E-state index is 10.7. The zero-order valence-electron chi connectivity index (χ0n) is 11.6. The molecule has 0 aromatic carbocycles. The number of thioether (sulfide) groups is 1. The van der Waals surface area contributed by atoms with Crippen molar-refractivity contribution in [3.8, 4) is 0 Å². The van der Waals surface area contributed by atoms with Crippen molar-refractivity contribution in [3.05, 3.63) is 34.3 Å². The highest BCUT2D eigenvalue weighted by atomic mass is 32.2. The number of carbonyl (C=O) groups is 1. The molecule has 0 aliphatic rings. The molecular formula is C14H18N2O2S2. The second-order valence-electron chi connectivity index (χ2n) is 4.62. The Morgan fingerprint density at radius 1 is 1.60 bits per heavy atom. The summed E-state index contributed by atoms with van der Waals surface area (Å²) in [6.07, 6.45) is 3.69. The predicted octanol–water partition coefficient (Wildman–Crippen LogP) is 3.49. The lowest BCUT2D eigenvalue weighted by Crippen LogP contribution is -2.13. The molecule has 2 rings (SSSR count). The van der Waals surface area contributed by atoms with Crippen LogP contribution in [0.4, 0.5) is 0 Å². The summed E-state index contributed by atoms with van der Waals surface area (Å²) in [4.78, 5) is 15.1. The van der Waals surface area contributed by atoms with Gasteiger partial charge in [-0.2, -0.15) is 11.3 Å². The summed E-state index contributed by atoms with van der Waals surface area (Å²) < 4.78 is 2.17. The predicted molar refractivity (Wildman–Crippen MR) is 82.7 cm³/mol. The Balaban J connectivity index is 2.18. The summed E-state index contributed by atoms with van der Waals surface area (Å²) in [5.41, 5.74) is 2.47. The molecule has 0 spiro atoms. The van der Waals surface area contributed by atoms with Gasteiger partial charge in [-0.05, 0) is 42.2 Å². The van der Waals surface area contributed by atoms with Gasteiger partial charge in [-0.1, -0.05) is 18.7 Å². The summed E-state index contributed by atoms with van der Waals surface area (Å²) in [6, 6.07) is 2.41. The van der Waals surface area contributed by atoms with Crippen LogP contribution in [-0.4, -0.2) is 26.4 Å². The first kappa shape index (κ1) is 15.1. The summed E-state index contributed by atoms with van der Waals surface area (Å²) in [5.74, 6) is -0.765. The summed E-state index contributed by atoms with van der Waals surface area (Å²) in [5, 5.41) is 13.9. The molecule has 6 heteroatoms. The number of rotatable bonds is 7. The molecule has 0 radical (unpaired) electrons. The first-order chi connectivity index (χ1) is 9.61. The fraction of sp³-hybridized carbons (Fsp3) is 0.429. The highest BCUT2D eigenvalue weighted by Crippen LogP contribution is 2.26. The molecule has 0 aliphatic heterocycles. The first-order valence-electron chi connectivity index (χ1n) is 6.53. The number of imidazole rings is 1. The van der Waals surface area contributed by atoms with Gasteiger partial charge in [0.25, 0.3) is 0 Å². The molecule has 4 nitrogen and oxygen atoms in total. The largest absolute Gasteiger partial charge is 0.481 e. The minimum absolute atomic E-state index is 0.0470. The second kappa shape index (κ2) is 6.95. The van der Waals surface area contributed by atoms with E-state index in [1.165, 1.54) is 17.3 Å². The summed E-state index contributed by atoms with van der Waals surface area (Å²) in [6.45, 7) is 4.25. The minimum Gasteiger partial charge on any atom is -0.481 e. The molecule has 0 saturated carbocycles. The van der Waals surface area contributed by atoms with Crippen LogP contribution in [0.1, 0.15) is 31.1 Å². The maximum Gasteiger partial charge on any atom is 0.313 e. The normalized spacial score (nSPS) is 12.5. The van der Waals surface area contributed by atoms with Gasteiger partial charge in [-0.25, -0.2) is 4.98 Å². The van der Waals surface area contributed by atoms with Gasteiger partial charge in [0, 0.05) is 17.9 Å². The standard InChI is InChI=1S/C14H18N2O2S2/c1-3-12-7-15-14(20-9-13(17)18)16(12)10(2)6-11-4-5-19-8-11/h4-5,7-8,10H,3,6,9H2,1-2H3,(H,17,18). The molecule has 20 heavy (non-hydrogen) atoms. The molecular weight excluding hydrogens is 292 g/mol. The van der Waals surface area contributed by atoms with E-state index in [4.69, 9.17) is 5.11 Å². The van der Waals surface area contributed by atoms with Gasteiger partial charge in [0.15, 0.2) is 5.16 Å². The molecule has 2 heterocycles. The maximum atomic E-state index is 10.7. The van der Waals surface area contributed by atoms with Gasteiger partial charge >= 0.3 is 5.97 Å². The number of hydrogen-bond acceptors (Lipinski definition) is 4. The van der Waals surface area contributed by atoms with Crippen molar-refractivity contribution in [1.29, 1.82) is 0 Å². The Morgan fingerprint density at radius 3 is 3.00 bits per heavy atom. The summed E-state index contributed by atoms with van der Waals surface area (Å²) in [7, 11) is 0. The smallest absolute Gasteiger partial charge is 0.313 e. The molecule has 0 amide bonds. The second-order valence-corrected chi connectivity index (χ2v) is 6.35. The van der Waals surface area contributed by atoms with Crippen molar-refractivity contribution < 1.29 is 9.90 Å². The molecule has 1 N–H and O–H groups in total. The van der Waals surface area contributed by atoms with Crippen LogP contribution >= 0.6 is 23.1 Å². The molecule has 2 aromatic heterocycles. The molecule has 1 atom stereocenters. The number of aromatic nitrogens is 2. The summed E-state index contributed by atoms with van der Waals surface area (Å²) >= 11 is 2.99. The Hall–Kier alpha value is -1.27. The van der Waals surface area contributed by atoms with E-state index in [9.17, 15) is 4.79 Å². The molecule has 0 saturated heterocycles. The van der Waals surface area contributed by atoms with E-state index < -0.39 is 5.97 Å². The lowest BCUT2D eigenvalue weighted by Gasteiger charge is -2.18. The topological polar surface area (TPSA) is 55.1 Å². The van der Waals surface area contributed by atoms with Crippen molar-refractivity contribution in [2.24, 2.45) is 0 Å². The van der Waals surface area contributed by atoms with E-state index in [1.807, 2.05) is 6.20 Å². The van der Waals surface area contributed by atoms with Gasteiger partial charge in [0.2, 0.25) is 0 Å². The Kier molecular flexibility index (Phi) is 5.25. The number of aryl methyl sites for hydroxylation is 1. The van der Waals surface area contributed by atoms with Crippen LogP contribution in [0.5, 0.6) is 0 Å². The Bertz CT molecular complexity index is 564. The van der Waals surface area contributed by atoms with E-state index in [1.54, 1.807) is 11.3 Å². The quantitative estimate of drug-likeness (QED) is 0.795. The number of carboxylic acid groups (broad SMARTS) is 1. The third kappa shape index (κ3) is 3.64. The van der Waals surface area contributed by atoms with Crippen LogP contribution < -0.4 is 0 Å². The highest BCUT2D eigenvalue weighted by Gasteiger charge is 2.16. The van der Waals surface area contributed by atoms with E-state index in [-0.39, 0.29) is 11.8 Å². The molecule has 0 fully saturated rings. The van der Waals surface area contributed by atoms with Gasteiger partial charge in [-0.3, -0.25) is 4.79 Å². The monoisotopic (exact) mass is 310 g/mol. The van der Waals surface area contributed by atoms with Gasteiger partial charge in [0.1, 0.15) is 0 Å². The molecule has 0 bridgehead atoms. The van der Waals surface area contributed by atoms with E-state index in [0.717, 1.165) is 23.7 Å².